The van der Waals surface area contributed by atoms with Crippen LogP contribution < -0.4 is 5.73 Å². The molecule has 1 aromatic rings. The van der Waals surface area contributed by atoms with Crippen LogP contribution in [0, 0.1) is 18.8 Å². The van der Waals surface area contributed by atoms with E-state index in [1.807, 2.05) is 0 Å². The number of methoxy groups -OCH3 is 1. The molecule has 0 aliphatic rings. The fourth-order valence-electron chi connectivity index (χ4n) is 0.845. The standard InChI is InChI=1S/C10H10N2O2/c1-7-8(3-4-10(13)14-2)5-9(11)6-12-7/h5-6H,11H2,1-2H3. The van der Waals surface area contributed by atoms with Gasteiger partial charge in [0.25, 0.3) is 0 Å². The largest absolute Gasteiger partial charge is 0.459 e. The Morgan fingerprint density at radius 1 is 1.64 bits per heavy atom. The number of aromatic nitrogens is 1. The van der Waals surface area contributed by atoms with Crippen LogP contribution in [0.4, 0.5) is 5.69 Å². The highest BCUT2D eigenvalue weighted by molar-refractivity contribution is 5.89. The molecule has 0 radical (unpaired) electrons. The summed E-state index contributed by atoms with van der Waals surface area (Å²) in [4.78, 5) is 14.7. The highest BCUT2D eigenvalue weighted by atomic mass is 16.5. The van der Waals surface area contributed by atoms with Gasteiger partial charge in [0.05, 0.1) is 24.7 Å². The first-order valence-electron chi connectivity index (χ1n) is 3.95. The van der Waals surface area contributed by atoms with Crippen molar-refractivity contribution in [2.75, 3.05) is 12.8 Å². The van der Waals surface area contributed by atoms with E-state index in [4.69, 9.17) is 5.73 Å². The number of esters is 1. The number of ether oxygens (including phenoxy) is 1. The van der Waals surface area contributed by atoms with Gasteiger partial charge in [0, 0.05) is 11.5 Å². The number of nitrogens with two attached hydrogens (primary N) is 1. The van der Waals surface area contributed by atoms with Gasteiger partial charge in [-0.15, -0.1) is 0 Å². The van der Waals surface area contributed by atoms with Crippen molar-refractivity contribution >= 4 is 11.7 Å². The third-order valence-electron chi connectivity index (χ3n) is 1.59. The van der Waals surface area contributed by atoms with Crippen molar-refractivity contribution in [2.45, 2.75) is 6.92 Å². The number of hydrogen-bond acceptors (Lipinski definition) is 4. The van der Waals surface area contributed by atoms with Crippen molar-refractivity contribution in [1.82, 2.24) is 4.98 Å². The smallest absolute Gasteiger partial charge is 0.384 e. The number of nitrogen functional groups attached to an aromatic ring is 1. The number of aryl methyl sites for hydroxylation is 1. The number of nitrogens with zero attached hydrogens (tertiary/aromatic N) is 1. The van der Waals surface area contributed by atoms with Crippen molar-refractivity contribution in [3.63, 3.8) is 0 Å². The van der Waals surface area contributed by atoms with Crippen LogP contribution in [-0.2, 0) is 9.53 Å². The lowest BCUT2D eigenvalue weighted by atomic mass is 10.2. The first kappa shape index (κ1) is 10.1. The zero-order chi connectivity index (χ0) is 10.6. The predicted octanol–water partition coefficient (Wildman–Crippen LogP) is 0.497. The van der Waals surface area contributed by atoms with Crippen LogP contribution in [0.15, 0.2) is 12.3 Å². The van der Waals surface area contributed by atoms with Gasteiger partial charge in [0.15, 0.2) is 0 Å². The van der Waals surface area contributed by atoms with Gasteiger partial charge in [-0.25, -0.2) is 4.79 Å². The minimum atomic E-state index is -0.577. The SMILES string of the molecule is COC(=O)C#Cc1cc(N)cnc1C. The van der Waals surface area contributed by atoms with Crippen LogP contribution >= 0.6 is 0 Å². The summed E-state index contributed by atoms with van der Waals surface area (Å²) in [6.45, 7) is 1.79. The Morgan fingerprint density at radius 2 is 2.36 bits per heavy atom. The maximum atomic E-state index is 10.7. The Kier molecular flexibility index (Phi) is 3.08. The molecule has 1 rings (SSSR count). The van der Waals surface area contributed by atoms with E-state index in [0.717, 1.165) is 5.69 Å². The Morgan fingerprint density at radius 3 is 3.00 bits per heavy atom. The molecule has 0 unspecified atom stereocenters. The maximum absolute atomic E-state index is 10.7. The molecule has 0 aromatic carbocycles. The molecule has 0 saturated carbocycles. The van der Waals surface area contributed by atoms with Gasteiger partial charge in [-0.3, -0.25) is 4.98 Å². The lowest BCUT2D eigenvalue weighted by molar-refractivity contribution is -0.133. The van der Waals surface area contributed by atoms with Crippen LogP contribution in [-0.4, -0.2) is 18.1 Å². The van der Waals surface area contributed by atoms with Gasteiger partial charge in [-0.1, -0.05) is 5.92 Å². The second-order valence-electron chi connectivity index (χ2n) is 2.64. The summed E-state index contributed by atoms with van der Waals surface area (Å²) >= 11 is 0. The summed E-state index contributed by atoms with van der Waals surface area (Å²) in [5.41, 5.74) is 7.40. The summed E-state index contributed by atoms with van der Waals surface area (Å²) in [6, 6.07) is 1.66. The number of carbonyl (C=O) groups is 1. The van der Waals surface area contributed by atoms with Gasteiger partial charge >= 0.3 is 5.97 Å². The van der Waals surface area contributed by atoms with Crippen molar-refractivity contribution < 1.29 is 9.53 Å². The Balaban J connectivity index is 3.00. The van der Waals surface area contributed by atoms with E-state index >= 15 is 0 Å². The van der Waals surface area contributed by atoms with Gasteiger partial charge in [0.2, 0.25) is 0 Å². The molecule has 0 aliphatic heterocycles. The highest BCUT2D eigenvalue weighted by Gasteiger charge is 1.97. The summed E-state index contributed by atoms with van der Waals surface area (Å²) in [6.07, 6.45) is 1.54. The molecule has 0 fully saturated rings. The molecule has 0 bridgehead atoms. The van der Waals surface area contributed by atoms with Crippen LogP contribution in [0.3, 0.4) is 0 Å². The third-order valence-corrected chi connectivity index (χ3v) is 1.59. The molecule has 72 valence electrons. The summed E-state index contributed by atoms with van der Waals surface area (Å²) < 4.78 is 4.38. The quantitative estimate of drug-likeness (QED) is 0.478. The van der Waals surface area contributed by atoms with E-state index in [-0.39, 0.29) is 0 Å². The lowest BCUT2D eigenvalue weighted by Crippen LogP contribution is -1.96. The molecule has 14 heavy (non-hydrogen) atoms. The first-order chi connectivity index (χ1) is 6.63. The minimum Gasteiger partial charge on any atom is -0.459 e. The molecule has 0 saturated heterocycles. The molecule has 0 atom stereocenters. The third kappa shape index (κ3) is 2.49. The Hall–Kier alpha value is -2.02. The maximum Gasteiger partial charge on any atom is 0.384 e. The number of rotatable bonds is 0. The second-order valence-corrected chi connectivity index (χ2v) is 2.64. The predicted molar refractivity (Wildman–Crippen MR) is 52.3 cm³/mol. The molecule has 4 heteroatoms. The average Bonchev–Trinajstić information content (AvgIpc) is 2.19. The van der Waals surface area contributed by atoms with E-state index in [1.165, 1.54) is 7.11 Å². The molecule has 1 heterocycles. The van der Waals surface area contributed by atoms with E-state index in [2.05, 4.69) is 21.6 Å². The van der Waals surface area contributed by atoms with Gasteiger partial charge in [-0.05, 0) is 13.0 Å². The first-order valence-corrected chi connectivity index (χ1v) is 3.95. The van der Waals surface area contributed by atoms with Gasteiger partial charge in [-0.2, -0.15) is 0 Å². The zero-order valence-corrected chi connectivity index (χ0v) is 8.00. The second kappa shape index (κ2) is 4.28. The topological polar surface area (TPSA) is 65.2 Å². The lowest BCUT2D eigenvalue weighted by Gasteiger charge is -1.97. The normalized spacial score (nSPS) is 8.71. The van der Waals surface area contributed by atoms with Crippen LogP contribution in [0.5, 0.6) is 0 Å². The van der Waals surface area contributed by atoms with E-state index < -0.39 is 5.97 Å². The fourth-order valence-corrected chi connectivity index (χ4v) is 0.845. The molecular weight excluding hydrogens is 180 g/mol. The average molecular weight is 190 g/mol. The van der Waals surface area contributed by atoms with E-state index in [1.54, 1.807) is 19.2 Å². The molecular formula is C10H10N2O2. The van der Waals surface area contributed by atoms with Crippen molar-refractivity contribution in [3.05, 3.63) is 23.5 Å². The fraction of sp³-hybridized carbons (Fsp3) is 0.200. The Labute approximate surface area is 82.1 Å². The molecule has 1 aromatic heterocycles. The van der Waals surface area contributed by atoms with Crippen molar-refractivity contribution in [3.8, 4) is 11.8 Å². The number of anilines is 1. The monoisotopic (exact) mass is 190 g/mol. The Bertz CT molecular complexity index is 416. The van der Waals surface area contributed by atoms with E-state index in [0.29, 0.717) is 11.3 Å². The molecule has 0 spiro atoms. The molecule has 0 amide bonds. The molecule has 2 N–H and O–H groups in total. The number of hydrogen-bond donors (Lipinski definition) is 1. The number of carbonyl (C=O) groups excluding carboxylic acids is 1. The number of pyridine rings is 1. The van der Waals surface area contributed by atoms with Crippen LogP contribution in [0.1, 0.15) is 11.3 Å². The summed E-state index contributed by atoms with van der Waals surface area (Å²) in [5.74, 6) is 4.37. The van der Waals surface area contributed by atoms with Gasteiger partial charge < -0.3 is 10.5 Å². The van der Waals surface area contributed by atoms with E-state index in [9.17, 15) is 4.79 Å². The summed E-state index contributed by atoms with van der Waals surface area (Å²) in [5, 5.41) is 0. The van der Waals surface area contributed by atoms with Crippen LogP contribution in [0.2, 0.25) is 0 Å². The summed E-state index contributed by atoms with van der Waals surface area (Å²) in [7, 11) is 1.28. The highest BCUT2D eigenvalue weighted by Crippen LogP contribution is 2.07. The van der Waals surface area contributed by atoms with Crippen molar-refractivity contribution in [2.24, 2.45) is 0 Å². The minimum absolute atomic E-state index is 0.518. The van der Waals surface area contributed by atoms with Crippen molar-refractivity contribution in [1.29, 1.82) is 0 Å². The molecule has 0 aliphatic carbocycles. The van der Waals surface area contributed by atoms with Gasteiger partial charge in [0.1, 0.15) is 0 Å². The molecule has 4 nitrogen and oxygen atoms in total. The van der Waals surface area contributed by atoms with Crippen LogP contribution in [0.25, 0.3) is 0 Å². The zero-order valence-electron chi connectivity index (χ0n) is 8.00.